The lowest BCUT2D eigenvalue weighted by molar-refractivity contribution is -0.134. The topological polar surface area (TPSA) is 87.1 Å². The van der Waals surface area contributed by atoms with Crippen LogP contribution >= 0.6 is 0 Å². The summed E-state index contributed by atoms with van der Waals surface area (Å²) in [5.41, 5.74) is 0.283. The van der Waals surface area contributed by atoms with Gasteiger partial charge in [0.2, 0.25) is 0 Å². The Morgan fingerprint density at radius 3 is 2.74 bits per heavy atom. The molecule has 6 nitrogen and oxygen atoms in total. The van der Waals surface area contributed by atoms with Gasteiger partial charge in [0.05, 0.1) is 5.69 Å². The van der Waals surface area contributed by atoms with Crippen molar-refractivity contribution in [1.82, 2.24) is 9.97 Å². The predicted octanol–water partition coefficient (Wildman–Crippen LogP) is 1.86. The molecular weight excluding hydrogens is 251 g/mol. The largest absolute Gasteiger partial charge is 0.480 e. The van der Waals surface area contributed by atoms with Crippen molar-refractivity contribution < 1.29 is 14.3 Å². The van der Waals surface area contributed by atoms with Gasteiger partial charge in [0.25, 0.3) is 0 Å². The quantitative estimate of drug-likeness (QED) is 0.762. The van der Waals surface area contributed by atoms with E-state index in [1.165, 1.54) is 18.5 Å². The second kappa shape index (κ2) is 5.76. The Labute approximate surface area is 108 Å². The zero-order valence-corrected chi connectivity index (χ0v) is 9.80. The third-order valence-electron chi connectivity index (χ3n) is 2.22. The van der Waals surface area contributed by atoms with Gasteiger partial charge in [-0.15, -0.1) is 0 Å². The molecule has 2 aromatic rings. The maximum Gasteiger partial charge on any atom is 0.322 e. The van der Waals surface area contributed by atoms with E-state index in [0.29, 0.717) is 11.6 Å². The highest BCUT2D eigenvalue weighted by Crippen LogP contribution is 2.18. The maximum absolute atomic E-state index is 13.4. The normalized spacial score (nSPS) is 9.95. The molecule has 0 bridgehead atoms. The van der Waals surface area contributed by atoms with Gasteiger partial charge < -0.3 is 15.7 Å². The molecule has 0 saturated heterocycles. The van der Waals surface area contributed by atoms with E-state index in [2.05, 4.69) is 20.6 Å². The van der Waals surface area contributed by atoms with Crippen LogP contribution in [0.5, 0.6) is 0 Å². The lowest BCUT2D eigenvalue weighted by Crippen LogP contribution is -2.13. The highest BCUT2D eigenvalue weighted by Gasteiger charge is 2.04. The van der Waals surface area contributed by atoms with E-state index in [9.17, 15) is 9.18 Å². The van der Waals surface area contributed by atoms with Crippen LogP contribution in [0.1, 0.15) is 0 Å². The molecule has 0 aliphatic rings. The van der Waals surface area contributed by atoms with E-state index in [1.807, 2.05) is 0 Å². The number of para-hydroxylation sites is 1. The molecule has 0 aliphatic carbocycles. The van der Waals surface area contributed by atoms with Gasteiger partial charge >= 0.3 is 5.97 Å². The van der Waals surface area contributed by atoms with Crippen molar-refractivity contribution in [3.05, 3.63) is 42.5 Å². The summed E-state index contributed by atoms with van der Waals surface area (Å²) >= 11 is 0. The molecule has 1 aromatic carbocycles. The van der Waals surface area contributed by atoms with Crippen LogP contribution in [0, 0.1) is 5.82 Å². The number of hydrogen-bond acceptors (Lipinski definition) is 5. The number of carbonyl (C=O) groups is 1. The number of halogens is 1. The van der Waals surface area contributed by atoms with Crippen molar-refractivity contribution in [2.75, 3.05) is 17.2 Å². The third-order valence-corrected chi connectivity index (χ3v) is 2.22. The molecule has 98 valence electrons. The van der Waals surface area contributed by atoms with Gasteiger partial charge in [0, 0.05) is 6.07 Å². The molecule has 1 heterocycles. The molecule has 7 heteroatoms. The number of carboxylic acid groups (broad SMARTS) is 1. The number of nitrogens with one attached hydrogen (secondary N) is 2. The zero-order valence-electron chi connectivity index (χ0n) is 9.80. The van der Waals surface area contributed by atoms with Crippen LogP contribution < -0.4 is 10.6 Å². The number of hydrogen-bond donors (Lipinski definition) is 3. The summed E-state index contributed by atoms with van der Waals surface area (Å²) in [6, 6.07) is 7.67. The van der Waals surface area contributed by atoms with Crippen LogP contribution in [-0.4, -0.2) is 27.6 Å². The summed E-state index contributed by atoms with van der Waals surface area (Å²) in [6.45, 7) is -0.254. The first-order valence-corrected chi connectivity index (χ1v) is 5.44. The zero-order chi connectivity index (χ0) is 13.7. The standard InChI is InChI=1S/C12H11FN4O2/c13-8-3-1-2-4-9(8)17-11-5-10(15-7-16-11)14-6-12(18)19/h1-5,7H,6H2,(H,18,19)(H2,14,15,16,17). The average Bonchev–Trinajstić information content (AvgIpc) is 2.40. The Morgan fingerprint density at radius 2 is 2.00 bits per heavy atom. The smallest absolute Gasteiger partial charge is 0.322 e. The van der Waals surface area contributed by atoms with Crippen molar-refractivity contribution in [2.24, 2.45) is 0 Å². The number of carboxylic acids is 1. The molecule has 2 rings (SSSR count). The Morgan fingerprint density at radius 1 is 1.26 bits per heavy atom. The summed E-state index contributed by atoms with van der Waals surface area (Å²) in [5.74, 6) is -0.687. The highest BCUT2D eigenvalue weighted by atomic mass is 19.1. The fourth-order valence-corrected chi connectivity index (χ4v) is 1.39. The summed E-state index contributed by atoms with van der Waals surface area (Å²) in [4.78, 5) is 18.2. The minimum atomic E-state index is -0.998. The van der Waals surface area contributed by atoms with Crippen LogP contribution in [0.15, 0.2) is 36.7 Å². The van der Waals surface area contributed by atoms with Crippen molar-refractivity contribution in [3.63, 3.8) is 0 Å². The lowest BCUT2D eigenvalue weighted by Gasteiger charge is -2.08. The van der Waals surface area contributed by atoms with Gasteiger partial charge in [-0.1, -0.05) is 12.1 Å². The highest BCUT2D eigenvalue weighted by molar-refractivity contribution is 5.72. The van der Waals surface area contributed by atoms with Gasteiger partial charge in [-0.05, 0) is 12.1 Å². The lowest BCUT2D eigenvalue weighted by atomic mass is 10.3. The van der Waals surface area contributed by atoms with E-state index in [0.717, 1.165) is 0 Å². The molecule has 0 aliphatic heterocycles. The van der Waals surface area contributed by atoms with Crippen LogP contribution in [-0.2, 0) is 4.79 Å². The van der Waals surface area contributed by atoms with Gasteiger partial charge in [0.15, 0.2) is 0 Å². The maximum atomic E-state index is 13.4. The number of anilines is 3. The molecule has 0 unspecified atom stereocenters. The van der Waals surface area contributed by atoms with Crippen molar-refractivity contribution >= 4 is 23.3 Å². The van der Waals surface area contributed by atoms with Crippen LogP contribution in [0.3, 0.4) is 0 Å². The molecule has 19 heavy (non-hydrogen) atoms. The molecule has 0 atom stereocenters. The third kappa shape index (κ3) is 3.63. The van der Waals surface area contributed by atoms with Crippen LogP contribution in [0.2, 0.25) is 0 Å². The van der Waals surface area contributed by atoms with Gasteiger partial charge in [0.1, 0.15) is 30.3 Å². The van der Waals surface area contributed by atoms with Crippen molar-refractivity contribution in [2.45, 2.75) is 0 Å². The number of rotatable bonds is 5. The molecule has 0 spiro atoms. The monoisotopic (exact) mass is 262 g/mol. The van der Waals surface area contributed by atoms with E-state index in [1.54, 1.807) is 18.2 Å². The Hall–Kier alpha value is -2.70. The molecule has 0 fully saturated rings. The van der Waals surface area contributed by atoms with E-state index in [4.69, 9.17) is 5.11 Å². The second-order valence-corrected chi connectivity index (χ2v) is 3.64. The Kier molecular flexibility index (Phi) is 3.87. The number of nitrogens with zero attached hydrogens (tertiary/aromatic N) is 2. The number of aromatic nitrogens is 2. The van der Waals surface area contributed by atoms with E-state index < -0.39 is 11.8 Å². The second-order valence-electron chi connectivity index (χ2n) is 3.64. The first-order chi connectivity index (χ1) is 9.15. The van der Waals surface area contributed by atoms with Gasteiger partial charge in [-0.2, -0.15) is 0 Å². The van der Waals surface area contributed by atoms with Crippen LogP contribution in [0.4, 0.5) is 21.7 Å². The molecule has 0 amide bonds. The van der Waals surface area contributed by atoms with E-state index in [-0.39, 0.29) is 12.2 Å². The fourth-order valence-electron chi connectivity index (χ4n) is 1.39. The minimum absolute atomic E-state index is 0.254. The van der Waals surface area contributed by atoms with Gasteiger partial charge in [-0.3, -0.25) is 4.79 Å². The predicted molar refractivity (Wildman–Crippen MR) is 67.8 cm³/mol. The minimum Gasteiger partial charge on any atom is -0.480 e. The summed E-state index contributed by atoms with van der Waals surface area (Å²) in [5, 5.41) is 13.9. The van der Waals surface area contributed by atoms with Crippen molar-refractivity contribution in [3.8, 4) is 0 Å². The first kappa shape index (κ1) is 12.7. The fraction of sp³-hybridized carbons (Fsp3) is 0.0833. The number of benzene rings is 1. The van der Waals surface area contributed by atoms with E-state index >= 15 is 0 Å². The molecule has 0 radical (unpaired) electrons. The SMILES string of the molecule is O=C(O)CNc1cc(Nc2ccccc2F)ncn1. The van der Waals surface area contributed by atoms with Gasteiger partial charge in [-0.25, -0.2) is 14.4 Å². The average molecular weight is 262 g/mol. The molecular formula is C12H11FN4O2. The summed E-state index contributed by atoms with van der Waals surface area (Å²) in [7, 11) is 0. The summed E-state index contributed by atoms with van der Waals surface area (Å²) < 4.78 is 13.4. The molecule has 1 aromatic heterocycles. The summed E-state index contributed by atoms with van der Waals surface area (Å²) in [6.07, 6.45) is 1.26. The van der Waals surface area contributed by atoms with Crippen LogP contribution in [0.25, 0.3) is 0 Å². The Bertz CT molecular complexity index is 591. The van der Waals surface area contributed by atoms with Crippen molar-refractivity contribution in [1.29, 1.82) is 0 Å². The molecule has 3 N–H and O–H groups in total. The molecule has 0 saturated carbocycles. The number of aliphatic carboxylic acids is 1. The first-order valence-electron chi connectivity index (χ1n) is 5.44. The Balaban J connectivity index is 2.11.